The van der Waals surface area contributed by atoms with Crippen LogP contribution < -0.4 is 0 Å². The first-order valence-corrected chi connectivity index (χ1v) is 8.45. The second-order valence-electron chi connectivity index (χ2n) is 5.86. The van der Waals surface area contributed by atoms with Gasteiger partial charge in [-0.3, -0.25) is 4.79 Å². The Morgan fingerprint density at radius 1 is 1.24 bits per heavy atom. The number of carboxylic acid groups (broad SMARTS) is 1. The summed E-state index contributed by atoms with van der Waals surface area (Å²) in [6.07, 6.45) is 1.94. The molecule has 1 aromatic rings. The summed E-state index contributed by atoms with van der Waals surface area (Å²) in [4.78, 5) is 11.3. The Morgan fingerprint density at radius 3 is 2.19 bits per heavy atom. The molecule has 0 aromatic heterocycles. The van der Waals surface area contributed by atoms with Crippen molar-refractivity contribution in [2.45, 2.75) is 38.5 Å². The first-order valence-electron chi connectivity index (χ1n) is 7.01. The molecule has 116 valence electrons. The van der Waals surface area contributed by atoms with Gasteiger partial charge < -0.3 is 5.11 Å². The highest BCUT2D eigenvalue weighted by atomic mass is 32.2. The number of aryl methyl sites for hydroxylation is 3. The van der Waals surface area contributed by atoms with Crippen molar-refractivity contribution in [3.63, 3.8) is 0 Å². The third-order valence-electron chi connectivity index (χ3n) is 3.67. The van der Waals surface area contributed by atoms with Crippen LogP contribution in [0.15, 0.2) is 17.0 Å². The maximum Gasteiger partial charge on any atom is 0.318 e. The van der Waals surface area contributed by atoms with Gasteiger partial charge in [0.15, 0.2) is 0 Å². The topological polar surface area (TPSA) is 74.7 Å². The van der Waals surface area contributed by atoms with Crippen LogP contribution in [0.1, 0.15) is 29.5 Å². The highest BCUT2D eigenvalue weighted by molar-refractivity contribution is 7.89. The molecule has 0 unspecified atom stereocenters. The zero-order chi connectivity index (χ0) is 15.8. The van der Waals surface area contributed by atoms with E-state index < -0.39 is 22.5 Å². The van der Waals surface area contributed by atoms with Crippen LogP contribution in [0.25, 0.3) is 0 Å². The number of sulfonamides is 1. The van der Waals surface area contributed by atoms with Gasteiger partial charge in [-0.2, -0.15) is 4.31 Å². The van der Waals surface area contributed by atoms with E-state index in [9.17, 15) is 13.2 Å². The molecule has 1 aromatic carbocycles. The summed E-state index contributed by atoms with van der Waals surface area (Å²) < 4.78 is 26.8. The summed E-state index contributed by atoms with van der Waals surface area (Å²) in [5.74, 6) is -0.827. The van der Waals surface area contributed by atoms with Gasteiger partial charge in [0.1, 0.15) is 6.54 Å². The minimum atomic E-state index is -3.78. The van der Waals surface area contributed by atoms with E-state index in [0.29, 0.717) is 23.6 Å². The molecule has 0 heterocycles. The number of hydrogen-bond acceptors (Lipinski definition) is 3. The summed E-state index contributed by atoms with van der Waals surface area (Å²) in [6, 6.07) is 3.63. The smallest absolute Gasteiger partial charge is 0.318 e. The lowest BCUT2D eigenvalue weighted by Gasteiger charge is -2.22. The average molecular weight is 311 g/mol. The van der Waals surface area contributed by atoms with Crippen LogP contribution >= 0.6 is 0 Å². The monoisotopic (exact) mass is 311 g/mol. The molecule has 21 heavy (non-hydrogen) atoms. The lowest BCUT2D eigenvalue weighted by atomic mass is 10.1. The van der Waals surface area contributed by atoms with Gasteiger partial charge in [-0.1, -0.05) is 17.7 Å². The number of nitrogens with zero attached hydrogens (tertiary/aromatic N) is 1. The predicted octanol–water partition coefficient (Wildman–Crippen LogP) is 2.10. The van der Waals surface area contributed by atoms with Crippen molar-refractivity contribution < 1.29 is 18.3 Å². The van der Waals surface area contributed by atoms with Crippen LogP contribution in [-0.2, 0) is 14.8 Å². The molecule has 1 fully saturated rings. The SMILES string of the molecule is Cc1cc(C)c(S(=O)(=O)N(CC(=O)O)CC2CC2)c(C)c1. The number of carboxylic acids is 1. The van der Waals surface area contributed by atoms with Crippen LogP contribution in [0.5, 0.6) is 0 Å². The Balaban J connectivity index is 2.44. The van der Waals surface area contributed by atoms with Crippen molar-refractivity contribution in [1.29, 1.82) is 0 Å². The van der Waals surface area contributed by atoms with E-state index in [2.05, 4.69) is 0 Å². The van der Waals surface area contributed by atoms with Crippen LogP contribution in [0, 0.1) is 26.7 Å². The fraction of sp³-hybridized carbons (Fsp3) is 0.533. The van der Waals surface area contributed by atoms with Gasteiger partial charge in [0.25, 0.3) is 0 Å². The Labute approximate surface area is 125 Å². The molecule has 6 heteroatoms. The zero-order valence-electron chi connectivity index (χ0n) is 12.6. The molecular weight excluding hydrogens is 290 g/mol. The minimum Gasteiger partial charge on any atom is -0.480 e. The van der Waals surface area contributed by atoms with Crippen LogP contribution in [0.3, 0.4) is 0 Å². The fourth-order valence-electron chi connectivity index (χ4n) is 2.69. The lowest BCUT2D eigenvalue weighted by Crippen LogP contribution is -2.37. The normalized spacial score (nSPS) is 15.4. The van der Waals surface area contributed by atoms with E-state index >= 15 is 0 Å². The second-order valence-corrected chi connectivity index (χ2v) is 7.74. The molecule has 0 aliphatic heterocycles. The van der Waals surface area contributed by atoms with E-state index in [0.717, 1.165) is 22.7 Å². The maximum absolute atomic E-state index is 12.8. The summed E-state index contributed by atoms with van der Waals surface area (Å²) >= 11 is 0. The molecule has 1 N–H and O–H groups in total. The molecule has 0 spiro atoms. The van der Waals surface area contributed by atoms with E-state index in [4.69, 9.17) is 5.11 Å². The number of carbonyl (C=O) groups is 1. The largest absolute Gasteiger partial charge is 0.480 e. The number of hydrogen-bond donors (Lipinski definition) is 1. The van der Waals surface area contributed by atoms with Crippen molar-refractivity contribution in [2.24, 2.45) is 5.92 Å². The molecule has 1 saturated carbocycles. The van der Waals surface area contributed by atoms with Crippen molar-refractivity contribution in [1.82, 2.24) is 4.31 Å². The van der Waals surface area contributed by atoms with Gasteiger partial charge in [-0.25, -0.2) is 8.42 Å². The molecule has 2 rings (SSSR count). The van der Waals surface area contributed by atoms with Crippen LogP contribution in [-0.4, -0.2) is 36.9 Å². The summed E-state index contributed by atoms with van der Waals surface area (Å²) in [5.41, 5.74) is 2.33. The van der Waals surface area contributed by atoms with E-state index in [1.54, 1.807) is 13.8 Å². The maximum atomic E-state index is 12.8. The first-order chi connectivity index (χ1) is 9.71. The second kappa shape index (κ2) is 5.77. The average Bonchev–Trinajstić information content (AvgIpc) is 3.09. The standard InChI is InChI=1S/C15H21NO4S/c1-10-6-11(2)15(12(3)7-10)21(19,20)16(9-14(17)18)8-13-4-5-13/h6-7,13H,4-5,8-9H2,1-3H3,(H,17,18). The van der Waals surface area contributed by atoms with Gasteiger partial charge in [0.2, 0.25) is 10.0 Å². The quantitative estimate of drug-likeness (QED) is 0.873. The van der Waals surface area contributed by atoms with Crippen molar-refractivity contribution in [2.75, 3.05) is 13.1 Å². The van der Waals surface area contributed by atoms with Crippen molar-refractivity contribution in [3.05, 3.63) is 28.8 Å². The number of aliphatic carboxylic acids is 1. The lowest BCUT2D eigenvalue weighted by molar-refractivity contribution is -0.137. The van der Waals surface area contributed by atoms with Crippen LogP contribution in [0.4, 0.5) is 0 Å². The zero-order valence-corrected chi connectivity index (χ0v) is 13.4. The molecule has 0 atom stereocenters. The molecule has 1 aliphatic rings. The third-order valence-corrected chi connectivity index (χ3v) is 5.79. The fourth-order valence-corrected chi connectivity index (χ4v) is 4.57. The highest BCUT2D eigenvalue weighted by Crippen LogP contribution is 2.33. The number of benzene rings is 1. The van der Waals surface area contributed by atoms with Crippen molar-refractivity contribution in [3.8, 4) is 0 Å². The summed E-state index contributed by atoms with van der Waals surface area (Å²) in [6.45, 7) is 5.23. The highest BCUT2D eigenvalue weighted by Gasteiger charge is 2.34. The van der Waals surface area contributed by atoms with Gasteiger partial charge in [-0.05, 0) is 50.7 Å². The molecule has 0 saturated heterocycles. The third kappa shape index (κ3) is 3.63. The Morgan fingerprint density at radius 2 is 1.76 bits per heavy atom. The molecule has 0 radical (unpaired) electrons. The molecular formula is C15H21NO4S. The summed E-state index contributed by atoms with van der Waals surface area (Å²) in [7, 11) is -3.78. The van der Waals surface area contributed by atoms with E-state index in [-0.39, 0.29) is 4.90 Å². The van der Waals surface area contributed by atoms with E-state index in [1.807, 2.05) is 19.1 Å². The van der Waals surface area contributed by atoms with Crippen LogP contribution in [0.2, 0.25) is 0 Å². The Bertz CT molecular complexity index is 639. The number of rotatable bonds is 6. The molecule has 0 bridgehead atoms. The Kier molecular flexibility index (Phi) is 4.39. The first kappa shape index (κ1) is 16.0. The van der Waals surface area contributed by atoms with Gasteiger partial charge in [-0.15, -0.1) is 0 Å². The predicted molar refractivity (Wildman–Crippen MR) is 79.8 cm³/mol. The van der Waals surface area contributed by atoms with Crippen molar-refractivity contribution >= 4 is 16.0 Å². The Hall–Kier alpha value is -1.40. The van der Waals surface area contributed by atoms with E-state index in [1.165, 1.54) is 0 Å². The molecule has 0 amide bonds. The minimum absolute atomic E-state index is 0.245. The van der Waals surface area contributed by atoms with Gasteiger partial charge in [0, 0.05) is 6.54 Å². The molecule has 1 aliphatic carbocycles. The van der Waals surface area contributed by atoms with Gasteiger partial charge >= 0.3 is 5.97 Å². The summed E-state index contributed by atoms with van der Waals surface area (Å²) in [5, 5.41) is 9.00. The van der Waals surface area contributed by atoms with Gasteiger partial charge in [0.05, 0.1) is 4.90 Å². The molecule has 5 nitrogen and oxygen atoms in total.